The number of rotatable bonds is 7. The van der Waals surface area contributed by atoms with E-state index in [9.17, 15) is 4.79 Å². The molecule has 0 radical (unpaired) electrons. The predicted molar refractivity (Wildman–Crippen MR) is 69.4 cm³/mol. The minimum atomic E-state index is -0.796. The molecule has 0 aromatic carbocycles. The van der Waals surface area contributed by atoms with E-state index >= 15 is 0 Å². The molecular formula is C12H22N4O2. The molecule has 18 heavy (non-hydrogen) atoms. The largest absolute Gasteiger partial charge is 0.480 e. The summed E-state index contributed by atoms with van der Waals surface area (Å²) in [5.74, 6) is -0.796. The van der Waals surface area contributed by atoms with Crippen LogP contribution in [-0.2, 0) is 18.4 Å². The Kier molecular flexibility index (Phi) is 5.30. The summed E-state index contributed by atoms with van der Waals surface area (Å²) in [6, 6.07) is 0. The summed E-state index contributed by atoms with van der Waals surface area (Å²) in [5.41, 5.74) is 2.04. The lowest BCUT2D eigenvalue weighted by Crippen LogP contribution is -2.35. The molecular weight excluding hydrogens is 232 g/mol. The summed E-state index contributed by atoms with van der Waals surface area (Å²) >= 11 is 0. The summed E-state index contributed by atoms with van der Waals surface area (Å²) in [5, 5.41) is 13.2. The highest BCUT2D eigenvalue weighted by atomic mass is 16.4. The zero-order valence-corrected chi connectivity index (χ0v) is 11.6. The fraction of sp³-hybridized carbons (Fsp3) is 0.667. The third kappa shape index (κ3) is 4.85. The van der Waals surface area contributed by atoms with Crippen LogP contribution in [0.4, 0.5) is 0 Å². The van der Waals surface area contributed by atoms with E-state index < -0.39 is 5.97 Å². The van der Waals surface area contributed by atoms with Gasteiger partial charge < -0.3 is 10.0 Å². The Morgan fingerprint density at radius 2 is 2.11 bits per heavy atom. The number of hydrogen-bond acceptors (Lipinski definition) is 4. The zero-order chi connectivity index (χ0) is 13.7. The summed E-state index contributed by atoms with van der Waals surface area (Å²) in [4.78, 5) is 14.8. The molecule has 0 atom stereocenters. The molecule has 0 bridgehead atoms. The molecule has 0 aliphatic carbocycles. The minimum absolute atomic E-state index is 0.0577. The van der Waals surface area contributed by atoms with Gasteiger partial charge in [-0.25, -0.2) is 0 Å². The number of aryl methyl sites for hydroxylation is 2. The summed E-state index contributed by atoms with van der Waals surface area (Å²) in [6.45, 7) is 4.20. The van der Waals surface area contributed by atoms with E-state index in [-0.39, 0.29) is 6.54 Å². The van der Waals surface area contributed by atoms with Gasteiger partial charge in [-0.15, -0.1) is 0 Å². The topological polar surface area (TPSA) is 61.6 Å². The standard InChI is InChI=1S/C12H22N4O2/c1-10-11(7-15(4)13-10)8-16(9-12(17)18)6-5-14(2)3/h7H,5-6,8-9H2,1-4H3,(H,17,18). The second kappa shape index (κ2) is 6.51. The van der Waals surface area contributed by atoms with Crippen molar-refractivity contribution in [2.24, 2.45) is 7.05 Å². The van der Waals surface area contributed by atoms with Crippen LogP contribution < -0.4 is 0 Å². The van der Waals surface area contributed by atoms with Crippen molar-refractivity contribution >= 4 is 5.97 Å². The summed E-state index contributed by atoms with van der Waals surface area (Å²) in [6.07, 6.45) is 1.94. The van der Waals surface area contributed by atoms with Crippen molar-refractivity contribution in [3.8, 4) is 0 Å². The van der Waals surface area contributed by atoms with E-state index in [4.69, 9.17) is 5.11 Å². The maximum atomic E-state index is 10.9. The number of aromatic nitrogens is 2. The monoisotopic (exact) mass is 254 g/mol. The first-order chi connectivity index (χ1) is 8.38. The van der Waals surface area contributed by atoms with Gasteiger partial charge in [0.15, 0.2) is 0 Å². The van der Waals surface area contributed by atoms with Crippen molar-refractivity contribution in [3.63, 3.8) is 0 Å². The number of likely N-dealkylation sites (N-methyl/N-ethyl adjacent to an activating group) is 1. The van der Waals surface area contributed by atoms with Gasteiger partial charge in [-0.1, -0.05) is 0 Å². The minimum Gasteiger partial charge on any atom is -0.480 e. The van der Waals surface area contributed by atoms with Crippen molar-refractivity contribution in [2.75, 3.05) is 33.7 Å². The van der Waals surface area contributed by atoms with E-state index in [1.54, 1.807) is 4.68 Å². The maximum Gasteiger partial charge on any atom is 0.317 e. The van der Waals surface area contributed by atoms with Crippen molar-refractivity contribution in [1.82, 2.24) is 19.6 Å². The van der Waals surface area contributed by atoms with Gasteiger partial charge in [0.2, 0.25) is 0 Å². The molecule has 1 aromatic rings. The number of hydrogen-bond donors (Lipinski definition) is 1. The maximum absolute atomic E-state index is 10.9. The van der Waals surface area contributed by atoms with E-state index in [1.165, 1.54) is 0 Å². The molecule has 0 amide bonds. The average molecular weight is 254 g/mol. The van der Waals surface area contributed by atoms with E-state index in [0.717, 1.165) is 24.3 Å². The number of carbonyl (C=O) groups is 1. The highest BCUT2D eigenvalue weighted by Crippen LogP contribution is 2.08. The molecule has 0 fully saturated rings. The highest BCUT2D eigenvalue weighted by Gasteiger charge is 2.13. The third-order valence-electron chi connectivity index (χ3n) is 2.73. The van der Waals surface area contributed by atoms with E-state index in [2.05, 4.69) is 5.10 Å². The number of nitrogens with zero attached hydrogens (tertiary/aromatic N) is 4. The van der Waals surface area contributed by atoms with Crippen LogP contribution in [0, 0.1) is 6.92 Å². The van der Waals surface area contributed by atoms with Gasteiger partial charge in [-0.2, -0.15) is 5.10 Å². The van der Waals surface area contributed by atoms with Crippen LogP contribution in [0.1, 0.15) is 11.3 Å². The molecule has 0 spiro atoms. The SMILES string of the molecule is Cc1nn(C)cc1CN(CCN(C)C)CC(=O)O. The van der Waals surface area contributed by atoms with Crippen LogP contribution in [-0.4, -0.2) is 64.4 Å². The summed E-state index contributed by atoms with van der Waals surface area (Å²) in [7, 11) is 5.83. The Labute approximate surface area is 108 Å². The average Bonchev–Trinajstić information content (AvgIpc) is 2.53. The van der Waals surface area contributed by atoms with Crippen molar-refractivity contribution in [3.05, 3.63) is 17.5 Å². The van der Waals surface area contributed by atoms with Gasteiger partial charge >= 0.3 is 5.97 Å². The Morgan fingerprint density at radius 1 is 1.44 bits per heavy atom. The second-order valence-electron chi connectivity index (χ2n) is 4.82. The molecule has 0 aliphatic rings. The molecule has 0 unspecified atom stereocenters. The third-order valence-corrected chi connectivity index (χ3v) is 2.73. The normalized spacial score (nSPS) is 11.4. The van der Waals surface area contributed by atoms with Gasteiger partial charge in [0.1, 0.15) is 0 Å². The predicted octanol–water partition coefficient (Wildman–Crippen LogP) is 0.177. The zero-order valence-electron chi connectivity index (χ0n) is 11.6. The van der Waals surface area contributed by atoms with Crippen LogP contribution >= 0.6 is 0 Å². The molecule has 1 aromatic heterocycles. The lowest BCUT2D eigenvalue weighted by atomic mass is 10.2. The fourth-order valence-corrected chi connectivity index (χ4v) is 1.79. The molecule has 1 heterocycles. The first-order valence-electron chi connectivity index (χ1n) is 5.96. The first-order valence-corrected chi connectivity index (χ1v) is 5.96. The van der Waals surface area contributed by atoms with Gasteiger partial charge in [-0.05, 0) is 21.0 Å². The molecule has 6 heteroatoms. The van der Waals surface area contributed by atoms with E-state index in [0.29, 0.717) is 6.54 Å². The van der Waals surface area contributed by atoms with Crippen LogP contribution in [0.3, 0.4) is 0 Å². The molecule has 0 aliphatic heterocycles. The number of aliphatic carboxylic acids is 1. The van der Waals surface area contributed by atoms with Crippen LogP contribution in [0.25, 0.3) is 0 Å². The molecule has 0 saturated carbocycles. The van der Waals surface area contributed by atoms with Crippen molar-refractivity contribution in [1.29, 1.82) is 0 Å². The van der Waals surface area contributed by atoms with Gasteiger partial charge in [-0.3, -0.25) is 14.4 Å². The summed E-state index contributed by atoms with van der Waals surface area (Å²) < 4.78 is 1.76. The molecule has 102 valence electrons. The Bertz CT molecular complexity index is 401. The number of carboxylic acids is 1. The highest BCUT2D eigenvalue weighted by molar-refractivity contribution is 5.69. The van der Waals surface area contributed by atoms with Crippen molar-refractivity contribution < 1.29 is 9.90 Å². The lowest BCUT2D eigenvalue weighted by molar-refractivity contribution is -0.138. The molecule has 1 N–H and O–H groups in total. The van der Waals surface area contributed by atoms with Crippen molar-refractivity contribution in [2.45, 2.75) is 13.5 Å². The fourth-order valence-electron chi connectivity index (χ4n) is 1.79. The quantitative estimate of drug-likeness (QED) is 0.752. The van der Waals surface area contributed by atoms with Gasteiger partial charge in [0, 0.05) is 38.4 Å². The lowest BCUT2D eigenvalue weighted by Gasteiger charge is -2.21. The van der Waals surface area contributed by atoms with E-state index in [1.807, 2.05) is 44.1 Å². The van der Waals surface area contributed by atoms with Crippen LogP contribution in [0.2, 0.25) is 0 Å². The van der Waals surface area contributed by atoms with Gasteiger partial charge in [0.05, 0.1) is 12.2 Å². The Balaban J connectivity index is 2.65. The number of carboxylic acid groups (broad SMARTS) is 1. The Hall–Kier alpha value is -1.40. The van der Waals surface area contributed by atoms with Gasteiger partial charge in [0.25, 0.3) is 0 Å². The second-order valence-corrected chi connectivity index (χ2v) is 4.82. The molecule has 0 saturated heterocycles. The van der Waals surface area contributed by atoms with Crippen LogP contribution in [0.5, 0.6) is 0 Å². The van der Waals surface area contributed by atoms with Crippen LogP contribution in [0.15, 0.2) is 6.20 Å². The Morgan fingerprint density at radius 3 is 2.56 bits per heavy atom. The molecule has 6 nitrogen and oxygen atoms in total. The molecule has 1 rings (SSSR count). The first kappa shape index (κ1) is 14.7. The smallest absolute Gasteiger partial charge is 0.317 e.